The Kier molecular flexibility index (Phi) is 5.28. The third-order valence-electron chi connectivity index (χ3n) is 2.22. The highest BCUT2D eigenvalue weighted by atomic mass is 32.2. The average Bonchev–Trinajstić information content (AvgIpc) is 2.01. The summed E-state index contributed by atoms with van der Waals surface area (Å²) in [6.07, 6.45) is 2.44. The van der Waals surface area contributed by atoms with Crippen LogP contribution in [0.25, 0.3) is 0 Å². The molecule has 0 radical (unpaired) electrons. The van der Waals surface area contributed by atoms with Crippen LogP contribution in [-0.2, 0) is 14.6 Å². The van der Waals surface area contributed by atoms with Gasteiger partial charge in [-0.15, -0.1) is 0 Å². The Morgan fingerprint density at radius 1 is 1.27 bits per heavy atom. The first kappa shape index (κ1) is 14.4. The highest BCUT2D eigenvalue weighted by molar-refractivity contribution is 7.91. The van der Waals surface area contributed by atoms with Crippen LogP contribution in [0.3, 0.4) is 0 Å². The van der Waals surface area contributed by atoms with E-state index in [4.69, 9.17) is 5.11 Å². The number of unbranched alkanes of at least 4 members (excludes halogenated alkanes) is 2. The van der Waals surface area contributed by atoms with Crippen molar-refractivity contribution >= 4 is 15.8 Å². The molecule has 0 amide bonds. The molecule has 0 aliphatic rings. The predicted octanol–water partition coefficient (Wildman–Crippen LogP) is 1.70. The minimum absolute atomic E-state index is 0.0948. The number of sulfone groups is 1. The standard InChI is InChI=1S/C10H20O4S/c1-4-5-6-7-15(13,14)8-10(2,3)9(11)12/h4-8H2,1-3H3,(H,11,12). The maximum absolute atomic E-state index is 11.6. The van der Waals surface area contributed by atoms with Crippen LogP contribution in [0.5, 0.6) is 0 Å². The first-order valence-electron chi connectivity index (χ1n) is 5.15. The Morgan fingerprint density at radius 3 is 2.20 bits per heavy atom. The molecule has 0 aromatic rings. The van der Waals surface area contributed by atoms with Crippen molar-refractivity contribution in [3.63, 3.8) is 0 Å². The van der Waals surface area contributed by atoms with Crippen molar-refractivity contribution in [3.8, 4) is 0 Å². The van der Waals surface area contributed by atoms with Gasteiger partial charge in [0, 0.05) is 0 Å². The van der Waals surface area contributed by atoms with Crippen LogP contribution in [0.4, 0.5) is 0 Å². The van der Waals surface area contributed by atoms with Crippen LogP contribution in [-0.4, -0.2) is 31.0 Å². The maximum Gasteiger partial charge on any atom is 0.310 e. The van der Waals surface area contributed by atoms with Crippen molar-refractivity contribution < 1.29 is 18.3 Å². The molecule has 0 saturated heterocycles. The van der Waals surface area contributed by atoms with E-state index in [1.165, 1.54) is 13.8 Å². The van der Waals surface area contributed by atoms with E-state index >= 15 is 0 Å². The summed E-state index contributed by atoms with van der Waals surface area (Å²) < 4.78 is 23.1. The van der Waals surface area contributed by atoms with E-state index in [1.807, 2.05) is 6.92 Å². The number of carboxylic acid groups (broad SMARTS) is 1. The fourth-order valence-corrected chi connectivity index (χ4v) is 3.27. The number of hydrogen-bond acceptors (Lipinski definition) is 3. The minimum atomic E-state index is -3.24. The Morgan fingerprint density at radius 2 is 1.80 bits per heavy atom. The molecule has 0 aromatic carbocycles. The second-order valence-electron chi connectivity index (χ2n) is 4.49. The number of hydrogen-bond donors (Lipinski definition) is 1. The zero-order chi connectivity index (χ0) is 12.1. The van der Waals surface area contributed by atoms with Gasteiger partial charge in [0.15, 0.2) is 9.84 Å². The molecule has 1 N–H and O–H groups in total. The lowest BCUT2D eigenvalue weighted by Gasteiger charge is -2.18. The molecule has 0 unspecified atom stereocenters. The Balaban J connectivity index is 4.32. The van der Waals surface area contributed by atoms with Crippen LogP contribution >= 0.6 is 0 Å². The molecule has 0 fully saturated rings. The Bertz CT molecular complexity index is 303. The van der Waals surface area contributed by atoms with Gasteiger partial charge < -0.3 is 5.11 Å². The van der Waals surface area contributed by atoms with E-state index in [2.05, 4.69) is 0 Å². The van der Waals surface area contributed by atoms with Gasteiger partial charge in [0.1, 0.15) is 0 Å². The van der Waals surface area contributed by atoms with E-state index in [0.717, 1.165) is 12.8 Å². The van der Waals surface area contributed by atoms with Gasteiger partial charge in [-0.25, -0.2) is 8.42 Å². The van der Waals surface area contributed by atoms with Crippen molar-refractivity contribution in [2.45, 2.75) is 40.0 Å². The molecule has 0 saturated carbocycles. The molecule has 0 aliphatic heterocycles. The summed E-state index contributed by atoms with van der Waals surface area (Å²) in [6.45, 7) is 4.87. The van der Waals surface area contributed by atoms with Crippen molar-refractivity contribution in [2.75, 3.05) is 11.5 Å². The smallest absolute Gasteiger partial charge is 0.310 e. The summed E-state index contributed by atoms with van der Waals surface area (Å²) in [5, 5.41) is 8.81. The molecule has 0 aromatic heterocycles. The molecule has 0 heterocycles. The lowest BCUT2D eigenvalue weighted by Crippen LogP contribution is -2.33. The van der Waals surface area contributed by atoms with Crippen molar-refractivity contribution in [1.29, 1.82) is 0 Å². The van der Waals surface area contributed by atoms with Crippen molar-refractivity contribution in [2.24, 2.45) is 5.41 Å². The molecule has 0 atom stereocenters. The van der Waals surface area contributed by atoms with E-state index in [0.29, 0.717) is 6.42 Å². The number of aliphatic carboxylic acids is 1. The van der Waals surface area contributed by atoms with Gasteiger partial charge in [-0.3, -0.25) is 4.79 Å². The van der Waals surface area contributed by atoms with Gasteiger partial charge in [-0.05, 0) is 20.3 Å². The summed E-state index contributed by atoms with van der Waals surface area (Å²) in [5.74, 6) is -1.25. The summed E-state index contributed by atoms with van der Waals surface area (Å²) >= 11 is 0. The van der Waals surface area contributed by atoms with Gasteiger partial charge in [-0.1, -0.05) is 19.8 Å². The average molecular weight is 236 g/mol. The summed E-state index contributed by atoms with van der Waals surface area (Å²) in [7, 11) is -3.24. The highest BCUT2D eigenvalue weighted by Crippen LogP contribution is 2.19. The van der Waals surface area contributed by atoms with Crippen LogP contribution < -0.4 is 0 Å². The first-order chi connectivity index (χ1) is 6.71. The highest BCUT2D eigenvalue weighted by Gasteiger charge is 2.32. The third-order valence-corrected chi connectivity index (χ3v) is 4.29. The predicted molar refractivity (Wildman–Crippen MR) is 59.6 cm³/mol. The van der Waals surface area contributed by atoms with E-state index in [9.17, 15) is 13.2 Å². The van der Waals surface area contributed by atoms with Crippen LogP contribution in [0.15, 0.2) is 0 Å². The van der Waals surface area contributed by atoms with Crippen LogP contribution in [0, 0.1) is 5.41 Å². The fourth-order valence-electron chi connectivity index (χ4n) is 1.26. The molecule has 5 heteroatoms. The molecular weight excluding hydrogens is 216 g/mol. The maximum atomic E-state index is 11.6. The molecule has 0 bridgehead atoms. The number of rotatable bonds is 7. The molecule has 4 nitrogen and oxygen atoms in total. The molecule has 0 rings (SSSR count). The SMILES string of the molecule is CCCCCS(=O)(=O)CC(C)(C)C(=O)O. The first-order valence-corrected chi connectivity index (χ1v) is 6.97. The lowest BCUT2D eigenvalue weighted by atomic mass is 9.97. The zero-order valence-corrected chi connectivity index (χ0v) is 10.4. The summed E-state index contributed by atoms with van der Waals surface area (Å²) in [5.41, 5.74) is -1.19. The van der Waals surface area contributed by atoms with Crippen LogP contribution in [0.1, 0.15) is 40.0 Å². The molecular formula is C10H20O4S. The number of carboxylic acids is 1. The largest absolute Gasteiger partial charge is 0.481 e. The van der Waals surface area contributed by atoms with E-state index < -0.39 is 21.2 Å². The molecule has 0 spiro atoms. The monoisotopic (exact) mass is 236 g/mol. The number of carbonyl (C=O) groups is 1. The van der Waals surface area contributed by atoms with E-state index in [-0.39, 0.29) is 11.5 Å². The summed E-state index contributed by atoms with van der Waals surface area (Å²) in [6, 6.07) is 0. The van der Waals surface area contributed by atoms with Gasteiger partial charge >= 0.3 is 5.97 Å². The van der Waals surface area contributed by atoms with Crippen molar-refractivity contribution in [3.05, 3.63) is 0 Å². The lowest BCUT2D eigenvalue weighted by molar-refractivity contribution is -0.145. The van der Waals surface area contributed by atoms with Crippen LogP contribution in [0.2, 0.25) is 0 Å². The van der Waals surface area contributed by atoms with Crippen molar-refractivity contribution in [1.82, 2.24) is 0 Å². The topological polar surface area (TPSA) is 71.4 Å². The minimum Gasteiger partial charge on any atom is -0.481 e. The third kappa shape index (κ3) is 5.77. The zero-order valence-electron chi connectivity index (χ0n) is 9.62. The van der Waals surface area contributed by atoms with Gasteiger partial charge in [0.2, 0.25) is 0 Å². The van der Waals surface area contributed by atoms with Gasteiger partial charge in [0.05, 0.1) is 16.9 Å². The fraction of sp³-hybridized carbons (Fsp3) is 0.900. The van der Waals surface area contributed by atoms with E-state index in [1.54, 1.807) is 0 Å². The molecule has 90 valence electrons. The Labute approximate surface area is 91.6 Å². The second kappa shape index (κ2) is 5.49. The normalized spacial score (nSPS) is 12.7. The molecule has 0 aliphatic carbocycles. The second-order valence-corrected chi connectivity index (χ2v) is 6.67. The Hall–Kier alpha value is -0.580. The van der Waals surface area contributed by atoms with Gasteiger partial charge in [-0.2, -0.15) is 0 Å². The quantitative estimate of drug-likeness (QED) is 0.683. The van der Waals surface area contributed by atoms with Gasteiger partial charge in [0.25, 0.3) is 0 Å². The summed E-state index contributed by atoms with van der Waals surface area (Å²) in [4.78, 5) is 10.8. The molecule has 15 heavy (non-hydrogen) atoms.